The van der Waals surface area contributed by atoms with Crippen LogP contribution in [0.25, 0.3) is 0 Å². The third kappa shape index (κ3) is 2.83. The van der Waals surface area contributed by atoms with E-state index in [9.17, 15) is 4.79 Å². The summed E-state index contributed by atoms with van der Waals surface area (Å²) in [5.74, 6) is -0.464. The second-order valence-electron chi connectivity index (χ2n) is 4.13. The Hall–Kier alpha value is -2.26. The Balaban J connectivity index is 2.31. The van der Waals surface area contributed by atoms with Crippen LogP contribution >= 0.6 is 15.9 Å². The molecule has 0 amide bonds. The minimum Gasteiger partial charge on any atom is -0.495 e. The normalized spacial score (nSPS) is 10.1. The second kappa shape index (κ2) is 5.80. The van der Waals surface area contributed by atoms with Gasteiger partial charge in [0.2, 0.25) is 0 Å². The van der Waals surface area contributed by atoms with Crippen molar-refractivity contribution in [3.63, 3.8) is 0 Å². The quantitative estimate of drug-likeness (QED) is 0.932. The van der Waals surface area contributed by atoms with Gasteiger partial charge in [-0.1, -0.05) is 6.07 Å². The van der Waals surface area contributed by atoms with E-state index in [2.05, 4.69) is 15.9 Å². The molecule has 0 bridgehead atoms. The first-order valence-corrected chi connectivity index (χ1v) is 6.50. The number of nitriles is 1. The van der Waals surface area contributed by atoms with Gasteiger partial charge < -0.3 is 14.4 Å². The van der Waals surface area contributed by atoms with Gasteiger partial charge in [0.25, 0.3) is 0 Å². The summed E-state index contributed by atoms with van der Waals surface area (Å²) in [6.45, 7) is 0.482. The number of nitrogens with zero attached hydrogens (tertiary/aromatic N) is 2. The molecule has 1 N–H and O–H groups in total. The molecule has 1 heterocycles. The molecule has 0 aliphatic heterocycles. The number of benzene rings is 1. The summed E-state index contributed by atoms with van der Waals surface area (Å²) in [6.07, 6.45) is 1.55. The molecule has 0 saturated carbocycles. The summed E-state index contributed by atoms with van der Waals surface area (Å²) in [6, 6.07) is 8.86. The minimum atomic E-state index is -0.971. The van der Waals surface area contributed by atoms with Crippen LogP contribution in [0.3, 0.4) is 0 Å². The van der Waals surface area contributed by atoms with Crippen molar-refractivity contribution in [2.24, 2.45) is 0 Å². The first-order valence-electron chi connectivity index (χ1n) is 5.71. The van der Waals surface area contributed by atoms with E-state index in [0.29, 0.717) is 22.5 Å². The van der Waals surface area contributed by atoms with Gasteiger partial charge in [-0.3, -0.25) is 0 Å². The lowest BCUT2D eigenvalue weighted by molar-refractivity contribution is 0.0697. The van der Waals surface area contributed by atoms with E-state index in [1.54, 1.807) is 29.0 Å². The summed E-state index contributed by atoms with van der Waals surface area (Å²) in [7, 11) is 1.51. The van der Waals surface area contributed by atoms with Gasteiger partial charge in [0.05, 0.1) is 22.8 Å². The topological polar surface area (TPSA) is 75.2 Å². The number of carboxylic acids is 1. The SMILES string of the molecule is COc1cc(Cn2cc(C(=O)O)cc2Br)ccc1C#N. The maximum absolute atomic E-state index is 10.9. The largest absolute Gasteiger partial charge is 0.495 e. The fraction of sp³-hybridized carbons (Fsp3) is 0.143. The highest BCUT2D eigenvalue weighted by Crippen LogP contribution is 2.22. The predicted octanol–water partition coefficient (Wildman–Crippen LogP) is 2.88. The molecule has 5 nitrogen and oxygen atoms in total. The summed E-state index contributed by atoms with van der Waals surface area (Å²) >= 11 is 3.32. The van der Waals surface area contributed by atoms with Gasteiger partial charge in [0.15, 0.2) is 0 Å². The van der Waals surface area contributed by atoms with Crippen molar-refractivity contribution >= 4 is 21.9 Å². The van der Waals surface area contributed by atoms with E-state index >= 15 is 0 Å². The molecule has 0 aliphatic carbocycles. The first-order chi connectivity index (χ1) is 9.55. The second-order valence-corrected chi connectivity index (χ2v) is 4.94. The third-order valence-corrected chi connectivity index (χ3v) is 3.51. The summed E-state index contributed by atoms with van der Waals surface area (Å²) < 4.78 is 7.60. The lowest BCUT2D eigenvalue weighted by atomic mass is 10.1. The molecule has 0 radical (unpaired) electrons. The number of carbonyl (C=O) groups is 1. The lowest BCUT2D eigenvalue weighted by Crippen LogP contribution is -2.00. The predicted molar refractivity (Wildman–Crippen MR) is 75.9 cm³/mol. The number of aromatic carboxylic acids is 1. The fourth-order valence-corrected chi connectivity index (χ4v) is 2.31. The summed E-state index contributed by atoms with van der Waals surface area (Å²) in [5.41, 5.74) is 1.60. The molecule has 2 aromatic rings. The van der Waals surface area contributed by atoms with E-state index in [4.69, 9.17) is 15.1 Å². The van der Waals surface area contributed by atoms with Crippen molar-refractivity contribution in [2.45, 2.75) is 6.54 Å². The molecule has 0 unspecified atom stereocenters. The van der Waals surface area contributed by atoms with Crippen molar-refractivity contribution in [1.29, 1.82) is 5.26 Å². The van der Waals surface area contributed by atoms with Crippen molar-refractivity contribution in [3.05, 3.63) is 51.8 Å². The molecule has 2 rings (SSSR count). The van der Waals surface area contributed by atoms with Crippen molar-refractivity contribution in [3.8, 4) is 11.8 Å². The molecule has 0 aliphatic rings. The Morgan fingerprint density at radius 1 is 1.50 bits per heavy atom. The zero-order valence-electron chi connectivity index (χ0n) is 10.6. The average Bonchev–Trinajstić information content (AvgIpc) is 2.80. The molecule has 102 valence electrons. The van der Waals surface area contributed by atoms with Crippen LogP contribution in [0.4, 0.5) is 0 Å². The molecule has 0 fully saturated rings. The molecular formula is C14H11BrN2O3. The smallest absolute Gasteiger partial charge is 0.337 e. The Morgan fingerprint density at radius 2 is 2.25 bits per heavy atom. The minimum absolute atomic E-state index is 0.220. The number of ether oxygens (including phenoxy) is 1. The van der Waals surface area contributed by atoms with E-state index in [0.717, 1.165) is 5.56 Å². The van der Waals surface area contributed by atoms with E-state index in [-0.39, 0.29) is 5.56 Å². The summed E-state index contributed by atoms with van der Waals surface area (Å²) in [4.78, 5) is 10.9. The highest BCUT2D eigenvalue weighted by atomic mass is 79.9. The van der Waals surface area contributed by atoms with Crippen molar-refractivity contribution < 1.29 is 14.6 Å². The first kappa shape index (κ1) is 14.2. The average molecular weight is 335 g/mol. The van der Waals surface area contributed by atoms with E-state index in [1.807, 2.05) is 12.1 Å². The molecule has 0 saturated heterocycles. The number of rotatable bonds is 4. The Morgan fingerprint density at radius 3 is 2.80 bits per heavy atom. The van der Waals surface area contributed by atoms with E-state index < -0.39 is 5.97 Å². The number of hydrogen-bond acceptors (Lipinski definition) is 3. The van der Waals surface area contributed by atoms with Crippen LogP contribution in [0.5, 0.6) is 5.75 Å². The number of carboxylic acid groups (broad SMARTS) is 1. The monoisotopic (exact) mass is 334 g/mol. The molecule has 0 atom stereocenters. The standard InChI is InChI=1S/C14H11BrN2O3/c1-20-12-4-9(2-3-10(12)6-16)7-17-8-11(14(18)19)5-13(17)15/h2-5,8H,7H2,1H3,(H,18,19). The Labute approximate surface area is 124 Å². The number of aromatic nitrogens is 1. The third-order valence-electron chi connectivity index (χ3n) is 2.83. The number of hydrogen-bond donors (Lipinski definition) is 1. The van der Waals surface area contributed by atoms with Gasteiger partial charge in [0.1, 0.15) is 11.8 Å². The van der Waals surface area contributed by atoms with Gasteiger partial charge in [-0.25, -0.2) is 4.79 Å². The molecular weight excluding hydrogens is 324 g/mol. The summed E-state index contributed by atoms with van der Waals surface area (Å²) in [5, 5.41) is 17.9. The Kier molecular flexibility index (Phi) is 4.11. The molecule has 1 aromatic heterocycles. The van der Waals surface area contributed by atoms with Crippen LogP contribution < -0.4 is 4.74 Å². The van der Waals surface area contributed by atoms with Crippen molar-refractivity contribution in [1.82, 2.24) is 4.57 Å². The van der Waals surface area contributed by atoms with E-state index in [1.165, 1.54) is 7.11 Å². The molecule has 0 spiro atoms. The number of methoxy groups -OCH3 is 1. The van der Waals surface area contributed by atoms with Crippen LogP contribution in [0.1, 0.15) is 21.5 Å². The maximum Gasteiger partial charge on any atom is 0.337 e. The zero-order valence-corrected chi connectivity index (χ0v) is 12.2. The highest BCUT2D eigenvalue weighted by Gasteiger charge is 2.10. The fourth-order valence-electron chi connectivity index (χ4n) is 1.84. The van der Waals surface area contributed by atoms with Crippen LogP contribution in [0.2, 0.25) is 0 Å². The lowest BCUT2D eigenvalue weighted by Gasteiger charge is -2.08. The van der Waals surface area contributed by atoms with Gasteiger partial charge in [0, 0.05) is 12.7 Å². The maximum atomic E-state index is 10.9. The molecule has 1 aromatic carbocycles. The van der Waals surface area contributed by atoms with Gasteiger partial charge in [-0.2, -0.15) is 5.26 Å². The van der Waals surface area contributed by atoms with Gasteiger partial charge >= 0.3 is 5.97 Å². The zero-order chi connectivity index (χ0) is 14.7. The highest BCUT2D eigenvalue weighted by molar-refractivity contribution is 9.10. The van der Waals surface area contributed by atoms with Crippen LogP contribution in [0, 0.1) is 11.3 Å². The molecule has 6 heteroatoms. The Bertz CT molecular complexity index is 701. The molecule has 20 heavy (non-hydrogen) atoms. The van der Waals surface area contributed by atoms with Crippen LogP contribution in [-0.2, 0) is 6.54 Å². The van der Waals surface area contributed by atoms with Gasteiger partial charge in [-0.15, -0.1) is 0 Å². The van der Waals surface area contributed by atoms with Gasteiger partial charge in [-0.05, 0) is 39.7 Å². The van der Waals surface area contributed by atoms with Crippen LogP contribution in [-0.4, -0.2) is 22.8 Å². The number of halogens is 1. The van der Waals surface area contributed by atoms with Crippen LogP contribution in [0.15, 0.2) is 35.1 Å². The van der Waals surface area contributed by atoms with Crippen molar-refractivity contribution in [2.75, 3.05) is 7.11 Å².